The predicted molar refractivity (Wildman–Crippen MR) is 79.8 cm³/mol. The Morgan fingerprint density at radius 1 is 1.42 bits per heavy atom. The molecule has 19 heavy (non-hydrogen) atoms. The molecule has 0 atom stereocenters. The van der Waals surface area contributed by atoms with Crippen molar-refractivity contribution in [1.29, 1.82) is 0 Å². The fourth-order valence-electron chi connectivity index (χ4n) is 1.84. The first kappa shape index (κ1) is 13.5. The van der Waals surface area contributed by atoms with Gasteiger partial charge in [0.25, 0.3) is 5.91 Å². The van der Waals surface area contributed by atoms with Crippen LogP contribution in [0.4, 0.5) is 10.8 Å². The Hall–Kier alpha value is -1.88. The minimum Gasteiger partial charge on any atom is -0.398 e. The zero-order chi connectivity index (χ0) is 14.0. The fourth-order valence-corrected chi connectivity index (χ4v) is 2.74. The summed E-state index contributed by atoms with van der Waals surface area (Å²) in [6, 6.07) is 5.41. The van der Waals surface area contributed by atoms with Crippen molar-refractivity contribution in [3.8, 4) is 0 Å². The van der Waals surface area contributed by atoms with E-state index in [-0.39, 0.29) is 5.91 Å². The van der Waals surface area contributed by atoms with Crippen molar-refractivity contribution in [2.75, 3.05) is 11.1 Å². The molecule has 2 rings (SSSR count). The largest absolute Gasteiger partial charge is 0.398 e. The van der Waals surface area contributed by atoms with Gasteiger partial charge in [0.05, 0.1) is 11.3 Å². The van der Waals surface area contributed by atoms with E-state index < -0.39 is 0 Å². The number of nitrogens with one attached hydrogen (secondary N) is 1. The SMILES string of the molecule is CCc1nc(NC(=O)c2cc(C)ccc2N)sc1C. The molecule has 5 heteroatoms. The molecule has 0 fully saturated rings. The summed E-state index contributed by atoms with van der Waals surface area (Å²) >= 11 is 1.49. The Balaban J connectivity index is 2.22. The number of nitrogens with zero attached hydrogens (tertiary/aromatic N) is 1. The fraction of sp³-hybridized carbons (Fsp3) is 0.286. The van der Waals surface area contributed by atoms with Gasteiger partial charge in [0.1, 0.15) is 0 Å². The molecule has 1 heterocycles. The summed E-state index contributed by atoms with van der Waals surface area (Å²) in [5.41, 5.74) is 8.83. The van der Waals surface area contributed by atoms with Gasteiger partial charge >= 0.3 is 0 Å². The summed E-state index contributed by atoms with van der Waals surface area (Å²) in [6.07, 6.45) is 0.866. The number of carbonyl (C=O) groups is 1. The van der Waals surface area contributed by atoms with Crippen molar-refractivity contribution < 1.29 is 4.79 Å². The van der Waals surface area contributed by atoms with Gasteiger partial charge in [-0.05, 0) is 32.4 Å². The number of aryl methyl sites for hydroxylation is 3. The molecule has 1 aromatic carbocycles. The van der Waals surface area contributed by atoms with Crippen LogP contribution in [0.25, 0.3) is 0 Å². The first-order chi connectivity index (χ1) is 9.01. The minimum absolute atomic E-state index is 0.211. The maximum atomic E-state index is 12.2. The lowest BCUT2D eigenvalue weighted by atomic mass is 10.1. The average molecular weight is 275 g/mol. The molecule has 0 unspecified atom stereocenters. The van der Waals surface area contributed by atoms with Crippen LogP contribution in [-0.2, 0) is 6.42 Å². The number of benzene rings is 1. The summed E-state index contributed by atoms with van der Waals surface area (Å²) in [5.74, 6) is -0.211. The highest BCUT2D eigenvalue weighted by atomic mass is 32.1. The van der Waals surface area contributed by atoms with Crippen molar-refractivity contribution in [3.05, 3.63) is 39.9 Å². The van der Waals surface area contributed by atoms with Crippen LogP contribution < -0.4 is 11.1 Å². The topological polar surface area (TPSA) is 68.0 Å². The summed E-state index contributed by atoms with van der Waals surface area (Å²) in [6.45, 7) is 5.98. The van der Waals surface area contributed by atoms with E-state index in [9.17, 15) is 4.79 Å². The van der Waals surface area contributed by atoms with E-state index >= 15 is 0 Å². The molecular weight excluding hydrogens is 258 g/mol. The van der Waals surface area contributed by atoms with Gasteiger partial charge in [0.15, 0.2) is 5.13 Å². The normalized spacial score (nSPS) is 10.5. The van der Waals surface area contributed by atoms with Gasteiger partial charge in [-0.3, -0.25) is 10.1 Å². The van der Waals surface area contributed by atoms with Crippen molar-refractivity contribution in [2.45, 2.75) is 27.2 Å². The highest BCUT2D eigenvalue weighted by Crippen LogP contribution is 2.23. The number of anilines is 2. The standard InChI is InChI=1S/C14H17N3OS/c1-4-12-9(3)19-14(16-12)17-13(18)10-7-8(2)5-6-11(10)15/h5-7H,4,15H2,1-3H3,(H,16,17,18). The Bertz CT molecular complexity index is 619. The average Bonchev–Trinajstić information content (AvgIpc) is 2.72. The summed E-state index contributed by atoms with van der Waals surface area (Å²) in [7, 11) is 0. The number of nitrogen functional groups attached to an aromatic ring is 1. The Kier molecular flexibility index (Phi) is 3.85. The van der Waals surface area contributed by atoms with Crippen LogP contribution in [0.5, 0.6) is 0 Å². The molecule has 0 saturated carbocycles. The van der Waals surface area contributed by atoms with Crippen LogP contribution in [0.15, 0.2) is 18.2 Å². The summed E-state index contributed by atoms with van der Waals surface area (Å²) in [4.78, 5) is 17.7. The van der Waals surface area contributed by atoms with Crippen LogP contribution in [0.3, 0.4) is 0 Å². The third kappa shape index (κ3) is 2.93. The molecule has 0 aliphatic rings. The van der Waals surface area contributed by atoms with Crippen molar-refractivity contribution in [1.82, 2.24) is 4.98 Å². The van der Waals surface area contributed by atoms with E-state index in [1.807, 2.05) is 26.8 Å². The van der Waals surface area contributed by atoms with Gasteiger partial charge in [-0.1, -0.05) is 18.6 Å². The van der Waals surface area contributed by atoms with Crippen LogP contribution in [0.1, 0.15) is 33.4 Å². The van der Waals surface area contributed by atoms with Crippen LogP contribution >= 0.6 is 11.3 Å². The lowest BCUT2D eigenvalue weighted by Crippen LogP contribution is -2.14. The summed E-state index contributed by atoms with van der Waals surface area (Å²) in [5, 5.41) is 3.44. The molecule has 0 radical (unpaired) electrons. The molecule has 1 amide bonds. The number of thiazole rings is 1. The zero-order valence-electron chi connectivity index (χ0n) is 11.3. The smallest absolute Gasteiger partial charge is 0.259 e. The molecule has 0 aliphatic heterocycles. The number of nitrogens with two attached hydrogens (primary N) is 1. The van der Waals surface area contributed by atoms with Crippen molar-refractivity contribution in [2.24, 2.45) is 0 Å². The molecule has 0 saturated heterocycles. The molecule has 0 bridgehead atoms. The van der Waals surface area contributed by atoms with Gasteiger partial charge in [-0.2, -0.15) is 0 Å². The number of rotatable bonds is 3. The molecular formula is C14H17N3OS. The van der Waals surface area contributed by atoms with Gasteiger partial charge in [-0.25, -0.2) is 4.98 Å². The lowest BCUT2D eigenvalue weighted by Gasteiger charge is -2.06. The second-order valence-electron chi connectivity index (χ2n) is 4.42. The van der Waals surface area contributed by atoms with E-state index in [0.717, 1.165) is 22.6 Å². The van der Waals surface area contributed by atoms with Crippen LogP contribution in [0, 0.1) is 13.8 Å². The van der Waals surface area contributed by atoms with E-state index in [1.165, 1.54) is 11.3 Å². The van der Waals surface area contributed by atoms with E-state index in [4.69, 9.17) is 5.73 Å². The highest BCUT2D eigenvalue weighted by Gasteiger charge is 2.13. The summed E-state index contributed by atoms with van der Waals surface area (Å²) < 4.78 is 0. The van der Waals surface area contributed by atoms with Crippen LogP contribution in [0.2, 0.25) is 0 Å². The maximum absolute atomic E-state index is 12.2. The van der Waals surface area contributed by atoms with E-state index in [1.54, 1.807) is 12.1 Å². The van der Waals surface area contributed by atoms with Crippen molar-refractivity contribution in [3.63, 3.8) is 0 Å². The lowest BCUT2D eigenvalue weighted by molar-refractivity contribution is 0.102. The van der Waals surface area contributed by atoms with Gasteiger partial charge in [0.2, 0.25) is 0 Å². The number of carbonyl (C=O) groups excluding carboxylic acids is 1. The Morgan fingerprint density at radius 3 is 2.79 bits per heavy atom. The van der Waals surface area contributed by atoms with Gasteiger partial charge < -0.3 is 5.73 Å². The number of aromatic nitrogens is 1. The first-order valence-electron chi connectivity index (χ1n) is 6.15. The van der Waals surface area contributed by atoms with Gasteiger partial charge in [-0.15, -0.1) is 11.3 Å². The third-order valence-electron chi connectivity index (χ3n) is 2.90. The second kappa shape index (κ2) is 5.40. The Labute approximate surface area is 116 Å². The predicted octanol–water partition coefficient (Wildman–Crippen LogP) is 3.16. The van der Waals surface area contributed by atoms with Crippen LogP contribution in [-0.4, -0.2) is 10.9 Å². The molecule has 0 spiro atoms. The maximum Gasteiger partial charge on any atom is 0.259 e. The minimum atomic E-state index is -0.211. The van der Waals surface area contributed by atoms with Crippen molar-refractivity contribution >= 4 is 28.1 Å². The zero-order valence-corrected chi connectivity index (χ0v) is 12.1. The molecule has 3 N–H and O–H groups in total. The molecule has 4 nitrogen and oxygen atoms in total. The van der Waals surface area contributed by atoms with Gasteiger partial charge in [0, 0.05) is 10.6 Å². The molecule has 0 aliphatic carbocycles. The molecule has 1 aromatic heterocycles. The number of hydrogen-bond acceptors (Lipinski definition) is 4. The third-order valence-corrected chi connectivity index (χ3v) is 3.83. The molecule has 2 aromatic rings. The number of hydrogen-bond donors (Lipinski definition) is 2. The quantitative estimate of drug-likeness (QED) is 0.845. The van der Waals surface area contributed by atoms with E-state index in [0.29, 0.717) is 16.4 Å². The van der Waals surface area contributed by atoms with E-state index in [2.05, 4.69) is 10.3 Å². The first-order valence-corrected chi connectivity index (χ1v) is 6.96. The Morgan fingerprint density at radius 2 is 2.16 bits per heavy atom. The monoisotopic (exact) mass is 275 g/mol. The number of amides is 1. The second-order valence-corrected chi connectivity index (χ2v) is 5.62. The molecule has 100 valence electrons. The highest BCUT2D eigenvalue weighted by molar-refractivity contribution is 7.15.